The fourth-order valence-corrected chi connectivity index (χ4v) is 4.41. The summed E-state index contributed by atoms with van der Waals surface area (Å²) in [5.41, 5.74) is 0.215. The number of rotatable bonds is 3. The molecule has 1 saturated heterocycles. The van der Waals surface area contributed by atoms with E-state index >= 15 is 0 Å². The molecule has 1 aliphatic heterocycles. The Morgan fingerprint density at radius 2 is 1.58 bits per heavy atom. The number of hydrogen-bond donors (Lipinski definition) is 0. The van der Waals surface area contributed by atoms with E-state index in [4.69, 9.17) is 0 Å². The standard InChI is InChI=1S/C17H16F3NO2S/c18-17(19,20)15-6-8-16(9-7-15)24(22,23)21-11-10-14(12-21)13-4-2-1-3-5-13/h1-9,14H,10-12H2. The van der Waals surface area contributed by atoms with Crippen LogP contribution in [0.1, 0.15) is 23.5 Å². The van der Waals surface area contributed by atoms with Crippen molar-refractivity contribution in [2.45, 2.75) is 23.4 Å². The van der Waals surface area contributed by atoms with Gasteiger partial charge in [-0.05, 0) is 42.2 Å². The minimum atomic E-state index is -4.48. The first-order valence-corrected chi connectivity index (χ1v) is 8.95. The Morgan fingerprint density at radius 3 is 2.17 bits per heavy atom. The summed E-state index contributed by atoms with van der Waals surface area (Å²) >= 11 is 0. The quantitative estimate of drug-likeness (QED) is 0.838. The largest absolute Gasteiger partial charge is 0.416 e. The van der Waals surface area contributed by atoms with E-state index in [1.165, 1.54) is 4.31 Å². The third-order valence-electron chi connectivity index (χ3n) is 4.24. The minimum absolute atomic E-state index is 0.107. The van der Waals surface area contributed by atoms with Crippen molar-refractivity contribution < 1.29 is 21.6 Å². The van der Waals surface area contributed by atoms with Gasteiger partial charge in [-0.25, -0.2) is 8.42 Å². The van der Waals surface area contributed by atoms with Crippen molar-refractivity contribution in [3.8, 4) is 0 Å². The van der Waals surface area contributed by atoms with E-state index in [1.807, 2.05) is 30.3 Å². The van der Waals surface area contributed by atoms with Gasteiger partial charge in [0.2, 0.25) is 10.0 Å². The lowest BCUT2D eigenvalue weighted by Gasteiger charge is -2.17. The van der Waals surface area contributed by atoms with Crippen LogP contribution >= 0.6 is 0 Å². The van der Waals surface area contributed by atoms with Gasteiger partial charge in [-0.1, -0.05) is 30.3 Å². The van der Waals surface area contributed by atoms with E-state index in [0.29, 0.717) is 19.5 Å². The average Bonchev–Trinajstić information content (AvgIpc) is 3.06. The lowest BCUT2D eigenvalue weighted by molar-refractivity contribution is -0.137. The Balaban J connectivity index is 1.79. The number of alkyl halides is 3. The zero-order valence-electron chi connectivity index (χ0n) is 12.7. The van der Waals surface area contributed by atoms with Crippen LogP contribution in [-0.2, 0) is 16.2 Å². The molecule has 128 valence electrons. The Bertz CT molecular complexity index is 802. The fourth-order valence-electron chi connectivity index (χ4n) is 2.91. The minimum Gasteiger partial charge on any atom is -0.207 e. The molecular formula is C17H16F3NO2S. The molecule has 2 aromatic rings. The molecule has 0 bridgehead atoms. The van der Waals surface area contributed by atoms with Gasteiger partial charge in [0, 0.05) is 13.1 Å². The van der Waals surface area contributed by atoms with Gasteiger partial charge in [0.25, 0.3) is 0 Å². The summed E-state index contributed by atoms with van der Waals surface area (Å²) < 4.78 is 64.4. The third kappa shape index (κ3) is 3.32. The molecule has 0 radical (unpaired) electrons. The third-order valence-corrected chi connectivity index (χ3v) is 6.12. The lowest BCUT2D eigenvalue weighted by atomic mass is 9.99. The number of halogens is 3. The highest BCUT2D eigenvalue weighted by atomic mass is 32.2. The van der Waals surface area contributed by atoms with Crippen LogP contribution in [0.4, 0.5) is 13.2 Å². The molecule has 1 fully saturated rings. The molecule has 3 rings (SSSR count). The monoisotopic (exact) mass is 355 g/mol. The SMILES string of the molecule is O=S(=O)(c1ccc(C(F)(F)F)cc1)N1CCC(c2ccccc2)C1. The molecule has 1 atom stereocenters. The van der Waals surface area contributed by atoms with E-state index in [2.05, 4.69) is 0 Å². The van der Waals surface area contributed by atoms with Crippen LogP contribution in [0.25, 0.3) is 0 Å². The summed E-state index contributed by atoms with van der Waals surface area (Å²) in [7, 11) is -3.78. The summed E-state index contributed by atoms with van der Waals surface area (Å²) in [6.45, 7) is 0.705. The molecule has 1 unspecified atom stereocenters. The molecule has 1 aliphatic rings. The highest BCUT2D eigenvalue weighted by Crippen LogP contribution is 2.33. The summed E-state index contributed by atoms with van der Waals surface area (Å²) in [4.78, 5) is -0.107. The van der Waals surface area contributed by atoms with Crippen LogP contribution in [-0.4, -0.2) is 25.8 Å². The summed E-state index contributed by atoms with van der Waals surface area (Å²) in [5.74, 6) is 0.107. The van der Waals surface area contributed by atoms with Crippen molar-refractivity contribution in [2.24, 2.45) is 0 Å². The van der Waals surface area contributed by atoms with Gasteiger partial charge < -0.3 is 0 Å². The summed E-state index contributed by atoms with van der Waals surface area (Å²) in [6.07, 6.45) is -3.78. The maximum Gasteiger partial charge on any atom is 0.416 e. The second-order valence-electron chi connectivity index (χ2n) is 5.78. The molecule has 0 aromatic heterocycles. The Morgan fingerprint density at radius 1 is 0.958 bits per heavy atom. The topological polar surface area (TPSA) is 37.4 Å². The molecule has 0 aliphatic carbocycles. The molecular weight excluding hydrogens is 339 g/mol. The van der Waals surface area contributed by atoms with Crippen molar-refractivity contribution in [1.29, 1.82) is 0 Å². The maximum absolute atomic E-state index is 12.6. The molecule has 1 heterocycles. The van der Waals surface area contributed by atoms with Gasteiger partial charge in [-0.3, -0.25) is 0 Å². The van der Waals surface area contributed by atoms with Gasteiger partial charge >= 0.3 is 6.18 Å². The average molecular weight is 355 g/mol. The van der Waals surface area contributed by atoms with Gasteiger partial charge in [0.1, 0.15) is 0 Å². The summed E-state index contributed by atoms with van der Waals surface area (Å²) in [6, 6.07) is 13.3. The normalized spacial score (nSPS) is 19.5. The van der Waals surface area contributed by atoms with Crippen molar-refractivity contribution in [3.05, 3.63) is 65.7 Å². The molecule has 0 saturated carbocycles. The lowest BCUT2D eigenvalue weighted by Crippen LogP contribution is -2.28. The number of sulfonamides is 1. The first-order chi connectivity index (χ1) is 11.3. The van der Waals surface area contributed by atoms with Gasteiger partial charge in [-0.15, -0.1) is 0 Å². The van der Waals surface area contributed by atoms with Crippen molar-refractivity contribution in [2.75, 3.05) is 13.1 Å². The molecule has 24 heavy (non-hydrogen) atoms. The van der Waals surface area contributed by atoms with Crippen LogP contribution in [0.15, 0.2) is 59.5 Å². The van der Waals surface area contributed by atoms with E-state index in [0.717, 1.165) is 29.8 Å². The Hall–Kier alpha value is -1.86. The maximum atomic E-state index is 12.6. The van der Waals surface area contributed by atoms with Crippen LogP contribution < -0.4 is 0 Å². The van der Waals surface area contributed by atoms with Crippen LogP contribution in [0.3, 0.4) is 0 Å². The van der Waals surface area contributed by atoms with E-state index in [-0.39, 0.29) is 10.8 Å². The van der Waals surface area contributed by atoms with Crippen LogP contribution in [0, 0.1) is 0 Å². The first-order valence-electron chi connectivity index (χ1n) is 7.51. The zero-order chi connectivity index (χ0) is 17.4. The molecule has 0 spiro atoms. The van der Waals surface area contributed by atoms with Crippen molar-refractivity contribution in [3.63, 3.8) is 0 Å². The Kier molecular flexibility index (Phi) is 4.40. The molecule has 0 amide bonds. The van der Waals surface area contributed by atoms with E-state index < -0.39 is 21.8 Å². The predicted molar refractivity (Wildman–Crippen MR) is 84.0 cm³/mol. The smallest absolute Gasteiger partial charge is 0.207 e. The Labute approximate surface area is 138 Å². The van der Waals surface area contributed by atoms with Crippen molar-refractivity contribution >= 4 is 10.0 Å². The molecule has 0 N–H and O–H groups in total. The molecule has 3 nitrogen and oxygen atoms in total. The highest BCUT2D eigenvalue weighted by Gasteiger charge is 2.34. The van der Waals surface area contributed by atoms with Crippen molar-refractivity contribution in [1.82, 2.24) is 4.31 Å². The number of nitrogens with zero attached hydrogens (tertiary/aromatic N) is 1. The van der Waals surface area contributed by atoms with E-state index in [9.17, 15) is 21.6 Å². The first kappa shape index (κ1) is 17.0. The summed E-state index contributed by atoms with van der Waals surface area (Å²) in [5, 5.41) is 0. The highest BCUT2D eigenvalue weighted by molar-refractivity contribution is 7.89. The van der Waals surface area contributed by atoms with Gasteiger partial charge in [-0.2, -0.15) is 17.5 Å². The van der Waals surface area contributed by atoms with Gasteiger partial charge in [0.05, 0.1) is 10.5 Å². The van der Waals surface area contributed by atoms with Gasteiger partial charge in [0.15, 0.2) is 0 Å². The zero-order valence-corrected chi connectivity index (χ0v) is 13.5. The molecule has 2 aromatic carbocycles. The van der Waals surface area contributed by atoms with Crippen LogP contribution in [0.5, 0.6) is 0 Å². The van der Waals surface area contributed by atoms with E-state index in [1.54, 1.807) is 0 Å². The second kappa shape index (κ2) is 6.22. The van der Waals surface area contributed by atoms with Crippen LogP contribution in [0.2, 0.25) is 0 Å². The number of hydrogen-bond acceptors (Lipinski definition) is 2. The molecule has 7 heteroatoms. The number of benzene rings is 2. The predicted octanol–water partition coefficient (Wildman–Crippen LogP) is 3.88. The second-order valence-corrected chi connectivity index (χ2v) is 7.72. The fraction of sp³-hybridized carbons (Fsp3) is 0.294.